The summed E-state index contributed by atoms with van der Waals surface area (Å²) < 4.78 is 11.3. The Kier molecular flexibility index (Phi) is 6.56. The molecule has 166 valence electrons. The van der Waals surface area contributed by atoms with Crippen LogP contribution in [0.3, 0.4) is 0 Å². The van der Waals surface area contributed by atoms with Gasteiger partial charge in [-0.3, -0.25) is 4.79 Å². The number of rotatable bonds is 6. The molecule has 4 rings (SSSR count). The Labute approximate surface area is 200 Å². The van der Waals surface area contributed by atoms with Gasteiger partial charge in [0.15, 0.2) is 12.4 Å². The topological polar surface area (TPSA) is 65.5 Å². The van der Waals surface area contributed by atoms with Gasteiger partial charge in [0.2, 0.25) is 0 Å². The fourth-order valence-corrected chi connectivity index (χ4v) is 3.85. The van der Waals surface area contributed by atoms with Crippen molar-refractivity contribution < 1.29 is 19.1 Å². The molecular formula is C27H22BrNO4. The zero-order valence-corrected chi connectivity index (χ0v) is 20.1. The standard InChI is InChI=1S/C27H22BrNO4/c1-16-4-5-19(12-17(16)2)25-14-23(22-13-20(28)8-11-24(22)29-25)27(31)33-15-26(30)18-6-9-21(32-3)10-7-18/h4-14H,15H2,1-3H3. The van der Waals surface area contributed by atoms with Gasteiger partial charge in [-0.15, -0.1) is 0 Å². The maximum atomic E-state index is 13.1. The summed E-state index contributed by atoms with van der Waals surface area (Å²) in [6.45, 7) is 3.73. The number of carbonyl (C=O) groups excluding carboxylic acids is 2. The van der Waals surface area contributed by atoms with E-state index in [0.717, 1.165) is 15.6 Å². The fourth-order valence-electron chi connectivity index (χ4n) is 3.48. The third-order valence-electron chi connectivity index (χ3n) is 5.54. The first-order valence-corrected chi connectivity index (χ1v) is 11.2. The number of hydrogen-bond donors (Lipinski definition) is 0. The van der Waals surface area contributed by atoms with Gasteiger partial charge in [-0.05, 0) is 79.6 Å². The summed E-state index contributed by atoms with van der Waals surface area (Å²) in [6.07, 6.45) is 0. The minimum Gasteiger partial charge on any atom is -0.497 e. The number of ether oxygens (including phenoxy) is 2. The molecule has 6 heteroatoms. The minimum absolute atomic E-state index is 0.292. The van der Waals surface area contributed by atoms with Crippen LogP contribution < -0.4 is 4.74 Å². The Morgan fingerprint density at radius 3 is 2.36 bits per heavy atom. The normalized spacial score (nSPS) is 10.8. The number of aryl methyl sites for hydroxylation is 2. The molecule has 1 heterocycles. The maximum Gasteiger partial charge on any atom is 0.339 e. The molecule has 0 saturated carbocycles. The molecule has 33 heavy (non-hydrogen) atoms. The lowest BCUT2D eigenvalue weighted by molar-refractivity contribution is 0.0476. The van der Waals surface area contributed by atoms with E-state index in [4.69, 9.17) is 14.5 Å². The molecule has 5 nitrogen and oxygen atoms in total. The third-order valence-corrected chi connectivity index (χ3v) is 6.03. The van der Waals surface area contributed by atoms with Crippen molar-refractivity contribution in [2.24, 2.45) is 0 Å². The minimum atomic E-state index is -0.576. The van der Waals surface area contributed by atoms with Gasteiger partial charge in [0.1, 0.15) is 5.75 Å². The first-order chi connectivity index (χ1) is 15.9. The molecule has 0 spiro atoms. The second-order valence-corrected chi connectivity index (χ2v) is 8.66. The summed E-state index contributed by atoms with van der Waals surface area (Å²) in [5, 5.41) is 0.652. The highest BCUT2D eigenvalue weighted by Crippen LogP contribution is 2.29. The van der Waals surface area contributed by atoms with Crippen LogP contribution in [0.2, 0.25) is 0 Å². The highest BCUT2D eigenvalue weighted by Gasteiger charge is 2.18. The molecule has 0 aliphatic carbocycles. The van der Waals surface area contributed by atoms with Crippen molar-refractivity contribution in [3.8, 4) is 17.0 Å². The van der Waals surface area contributed by atoms with Crippen LogP contribution >= 0.6 is 15.9 Å². The van der Waals surface area contributed by atoms with Gasteiger partial charge in [0.05, 0.1) is 23.9 Å². The molecule has 0 bridgehead atoms. The number of methoxy groups -OCH3 is 1. The maximum absolute atomic E-state index is 13.1. The SMILES string of the molecule is COc1ccc(C(=O)COC(=O)c2cc(-c3ccc(C)c(C)c3)nc3ccc(Br)cc23)cc1. The van der Waals surface area contributed by atoms with Gasteiger partial charge in [-0.25, -0.2) is 9.78 Å². The monoisotopic (exact) mass is 503 g/mol. The second-order valence-electron chi connectivity index (χ2n) is 7.74. The summed E-state index contributed by atoms with van der Waals surface area (Å²) in [4.78, 5) is 30.3. The number of hydrogen-bond acceptors (Lipinski definition) is 5. The van der Waals surface area contributed by atoms with Crippen molar-refractivity contribution in [3.05, 3.63) is 93.5 Å². The van der Waals surface area contributed by atoms with Crippen molar-refractivity contribution in [1.29, 1.82) is 0 Å². The Morgan fingerprint density at radius 2 is 1.67 bits per heavy atom. The number of fused-ring (bicyclic) bond motifs is 1. The van der Waals surface area contributed by atoms with E-state index in [0.29, 0.717) is 33.5 Å². The zero-order valence-electron chi connectivity index (χ0n) is 18.5. The molecule has 0 fully saturated rings. The number of esters is 1. The van der Waals surface area contributed by atoms with E-state index in [2.05, 4.69) is 15.9 Å². The summed E-state index contributed by atoms with van der Waals surface area (Å²) in [5.74, 6) is -0.219. The summed E-state index contributed by atoms with van der Waals surface area (Å²) in [7, 11) is 1.56. The lowest BCUT2D eigenvalue weighted by atomic mass is 10.0. The van der Waals surface area contributed by atoms with Crippen molar-refractivity contribution in [1.82, 2.24) is 4.98 Å². The van der Waals surface area contributed by atoms with Crippen LogP contribution in [-0.2, 0) is 4.74 Å². The smallest absolute Gasteiger partial charge is 0.339 e. The van der Waals surface area contributed by atoms with Gasteiger partial charge < -0.3 is 9.47 Å². The average Bonchev–Trinajstić information content (AvgIpc) is 2.83. The Hall–Kier alpha value is -3.51. The quantitative estimate of drug-likeness (QED) is 0.227. The van der Waals surface area contributed by atoms with Crippen molar-refractivity contribution in [2.75, 3.05) is 13.7 Å². The van der Waals surface area contributed by atoms with E-state index in [1.165, 1.54) is 5.56 Å². The number of Topliss-reactive ketones (excluding diaryl/α,β-unsaturated/α-hetero) is 1. The van der Waals surface area contributed by atoms with Crippen LogP contribution in [-0.4, -0.2) is 30.5 Å². The van der Waals surface area contributed by atoms with Gasteiger partial charge in [-0.1, -0.05) is 28.1 Å². The number of carbonyl (C=O) groups is 2. The van der Waals surface area contributed by atoms with E-state index < -0.39 is 5.97 Å². The summed E-state index contributed by atoms with van der Waals surface area (Å²) in [5.41, 5.74) is 5.37. The van der Waals surface area contributed by atoms with E-state index in [9.17, 15) is 9.59 Å². The van der Waals surface area contributed by atoms with Crippen LogP contribution in [0.25, 0.3) is 22.2 Å². The zero-order chi connectivity index (χ0) is 23.5. The van der Waals surface area contributed by atoms with Crippen LogP contribution in [0, 0.1) is 13.8 Å². The molecule has 0 N–H and O–H groups in total. The average molecular weight is 504 g/mol. The first-order valence-electron chi connectivity index (χ1n) is 10.4. The van der Waals surface area contributed by atoms with Crippen molar-refractivity contribution in [3.63, 3.8) is 0 Å². The Morgan fingerprint density at radius 1 is 0.909 bits per heavy atom. The summed E-state index contributed by atoms with van der Waals surface area (Å²) >= 11 is 3.46. The first kappa shape index (κ1) is 22.7. The van der Waals surface area contributed by atoms with E-state index in [-0.39, 0.29) is 12.4 Å². The molecule has 0 amide bonds. The molecule has 0 saturated heterocycles. The number of benzene rings is 3. The van der Waals surface area contributed by atoms with Gasteiger partial charge >= 0.3 is 5.97 Å². The predicted octanol–water partition coefficient (Wildman–Crippen LogP) is 6.33. The molecule has 0 radical (unpaired) electrons. The highest BCUT2D eigenvalue weighted by molar-refractivity contribution is 9.10. The number of aromatic nitrogens is 1. The van der Waals surface area contributed by atoms with Crippen LogP contribution in [0.4, 0.5) is 0 Å². The lowest BCUT2D eigenvalue weighted by Crippen LogP contribution is -2.15. The Bertz CT molecular complexity index is 1360. The number of nitrogens with zero attached hydrogens (tertiary/aromatic N) is 1. The third kappa shape index (κ3) is 4.96. The van der Waals surface area contributed by atoms with E-state index in [1.807, 2.05) is 50.2 Å². The molecule has 0 aliphatic rings. The molecule has 4 aromatic rings. The van der Waals surface area contributed by atoms with Crippen molar-refractivity contribution in [2.45, 2.75) is 13.8 Å². The predicted molar refractivity (Wildman–Crippen MR) is 132 cm³/mol. The number of ketones is 1. The second kappa shape index (κ2) is 9.55. The Balaban J connectivity index is 1.65. The van der Waals surface area contributed by atoms with E-state index in [1.54, 1.807) is 37.4 Å². The number of pyridine rings is 1. The van der Waals surface area contributed by atoms with Crippen LogP contribution in [0.5, 0.6) is 5.75 Å². The molecule has 3 aromatic carbocycles. The van der Waals surface area contributed by atoms with Crippen molar-refractivity contribution >= 4 is 38.6 Å². The van der Waals surface area contributed by atoms with Crippen LogP contribution in [0.1, 0.15) is 31.8 Å². The molecular weight excluding hydrogens is 482 g/mol. The largest absolute Gasteiger partial charge is 0.497 e. The molecule has 1 aromatic heterocycles. The molecule has 0 unspecified atom stereocenters. The molecule has 0 atom stereocenters. The van der Waals surface area contributed by atoms with Gasteiger partial charge in [-0.2, -0.15) is 0 Å². The summed E-state index contributed by atoms with van der Waals surface area (Å²) in [6, 6.07) is 20.0. The highest BCUT2D eigenvalue weighted by atomic mass is 79.9. The van der Waals surface area contributed by atoms with Gasteiger partial charge in [0, 0.05) is 21.0 Å². The van der Waals surface area contributed by atoms with Gasteiger partial charge in [0.25, 0.3) is 0 Å². The lowest BCUT2D eigenvalue weighted by Gasteiger charge is -2.11. The van der Waals surface area contributed by atoms with E-state index >= 15 is 0 Å². The molecule has 0 aliphatic heterocycles. The van der Waals surface area contributed by atoms with Crippen LogP contribution in [0.15, 0.2) is 71.2 Å². The fraction of sp³-hybridized carbons (Fsp3) is 0.148. The number of halogens is 1.